The predicted octanol–water partition coefficient (Wildman–Crippen LogP) is -0.877. The number of nitrogens with two attached hydrogens (primary N) is 2. The fraction of sp³-hybridized carbons (Fsp3) is 0.667. The van der Waals surface area contributed by atoms with Gasteiger partial charge in [0.1, 0.15) is 0 Å². The Labute approximate surface area is 64.1 Å². The topological polar surface area (TPSA) is 102 Å². The monoisotopic (exact) mass is 157 g/mol. The van der Waals surface area contributed by atoms with Crippen LogP contribution in [-0.4, -0.2) is 23.1 Å². The average Bonchev–Trinajstić information content (AvgIpc) is 1.75. The van der Waals surface area contributed by atoms with Gasteiger partial charge in [-0.3, -0.25) is 9.79 Å². The van der Waals surface area contributed by atoms with E-state index >= 15 is 0 Å². The molecule has 5 N–H and O–H groups in total. The minimum Gasteiger partial charge on any atom is -0.481 e. The van der Waals surface area contributed by atoms with E-state index in [0.29, 0.717) is 12.8 Å². The van der Waals surface area contributed by atoms with Gasteiger partial charge in [0.25, 0.3) is 0 Å². The number of carbonyl (C=O) groups is 1. The van der Waals surface area contributed by atoms with Crippen LogP contribution in [-0.2, 0) is 4.79 Å². The summed E-state index contributed by atoms with van der Waals surface area (Å²) in [4.78, 5) is 14.1. The summed E-state index contributed by atoms with van der Waals surface area (Å²) < 4.78 is 0. The molecule has 0 aliphatic heterocycles. The van der Waals surface area contributed by atoms with Crippen molar-refractivity contribution < 1.29 is 9.90 Å². The lowest BCUT2D eigenvalue weighted by Crippen LogP contribution is -2.36. The summed E-state index contributed by atoms with van der Waals surface area (Å²) in [5.41, 5.74) is 10.2. The largest absolute Gasteiger partial charge is 0.481 e. The summed E-state index contributed by atoms with van der Waals surface area (Å²) in [5.74, 6) is -0.964. The zero-order valence-electron chi connectivity index (χ0n) is 6.03. The molecule has 0 radical (unpaired) electrons. The first-order valence-corrected chi connectivity index (χ1v) is 3.41. The van der Waals surface area contributed by atoms with Crippen molar-refractivity contribution in [1.29, 1.82) is 0 Å². The smallest absolute Gasteiger partial charge is 0.306 e. The summed E-state index contributed by atoms with van der Waals surface area (Å²) in [5, 5.41) is 8.47. The van der Waals surface area contributed by atoms with E-state index in [9.17, 15) is 4.79 Å². The van der Waals surface area contributed by atoms with Gasteiger partial charge >= 0.3 is 5.97 Å². The molecule has 0 unspecified atom stereocenters. The Morgan fingerprint density at radius 3 is 2.36 bits per heavy atom. The first-order chi connectivity index (χ1) is 5.09. The van der Waals surface area contributed by atoms with Crippen molar-refractivity contribution in [3.05, 3.63) is 0 Å². The highest BCUT2D eigenvalue weighted by atomic mass is 16.4. The highest BCUT2D eigenvalue weighted by molar-refractivity contribution is 5.76. The zero-order valence-corrected chi connectivity index (χ0v) is 6.03. The number of carboxylic acids is 1. The normalized spacial score (nSPS) is 28.7. The summed E-state index contributed by atoms with van der Waals surface area (Å²) >= 11 is 0. The summed E-state index contributed by atoms with van der Waals surface area (Å²) in [6.07, 6.45) is 1.13. The molecule has 0 amide bonds. The molecule has 1 aliphatic carbocycles. The average molecular weight is 157 g/mol. The number of aliphatic imine (C=N–C) groups is 1. The van der Waals surface area contributed by atoms with Crippen molar-refractivity contribution in [2.45, 2.75) is 18.9 Å². The van der Waals surface area contributed by atoms with E-state index in [1.54, 1.807) is 0 Å². The first kappa shape index (κ1) is 7.84. The van der Waals surface area contributed by atoms with Gasteiger partial charge in [-0.25, -0.2) is 0 Å². The molecule has 62 valence electrons. The van der Waals surface area contributed by atoms with Crippen LogP contribution in [0.1, 0.15) is 12.8 Å². The zero-order chi connectivity index (χ0) is 8.43. The molecular formula is C6H11N3O2. The maximum absolute atomic E-state index is 10.3. The molecule has 0 heterocycles. The van der Waals surface area contributed by atoms with E-state index < -0.39 is 5.97 Å². The van der Waals surface area contributed by atoms with Crippen LogP contribution in [0.3, 0.4) is 0 Å². The molecule has 5 nitrogen and oxygen atoms in total. The van der Waals surface area contributed by atoms with Crippen LogP contribution >= 0.6 is 0 Å². The third-order valence-electron chi connectivity index (χ3n) is 1.79. The molecule has 1 aliphatic rings. The Morgan fingerprint density at radius 2 is 2.00 bits per heavy atom. The van der Waals surface area contributed by atoms with E-state index in [1.165, 1.54) is 0 Å². The van der Waals surface area contributed by atoms with Gasteiger partial charge in [-0.15, -0.1) is 0 Å². The SMILES string of the molecule is NC(N)=NC1CC(C(=O)O)C1. The van der Waals surface area contributed by atoms with Crippen LogP contribution in [0.25, 0.3) is 0 Å². The number of hydrogen-bond donors (Lipinski definition) is 3. The number of guanidine groups is 1. The Bertz CT molecular complexity index is 192. The van der Waals surface area contributed by atoms with Gasteiger partial charge in [-0.2, -0.15) is 0 Å². The van der Waals surface area contributed by atoms with Gasteiger partial charge in [0.05, 0.1) is 12.0 Å². The van der Waals surface area contributed by atoms with E-state index in [1.807, 2.05) is 0 Å². The van der Waals surface area contributed by atoms with Gasteiger partial charge in [0.15, 0.2) is 5.96 Å². The molecule has 0 atom stereocenters. The van der Waals surface area contributed by atoms with Crippen LogP contribution < -0.4 is 11.5 Å². The van der Waals surface area contributed by atoms with Gasteiger partial charge in [0, 0.05) is 0 Å². The van der Waals surface area contributed by atoms with Crippen molar-refractivity contribution in [3.63, 3.8) is 0 Å². The van der Waals surface area contributed by atoms with E-state index in [-0.39, 0.29) is 17.9 Å². The molecule has 0 aromatic rings. The second kappa shape index (κ2) is 2.77. The number of aliphatic carboxylic acids is 1. The van der Waals surface area contributed by atoms with Crippen molar-refractivity contribution in [1.82, 2.24) is 0 Å². The second-order valence-corrected chi connectivity index (χ2v) is 2.71. The molecule has 11 heavy (non-hydrogen) atoms. The lowest BCUT2D eigenvalue weighted by Gasteiger charge is -2.28. The van der Waals surface area contributed by atoms with Crippen molar-refractivity contribution >= 4 is 11.9 Å². The predicted molar refractivity (Wildman–Crippen MR) is 40.0 cm³/mol. The molecule has 5 heteroatoms. The number of hydrogen-bond acceptors (Lipinski definition) is 2. The van der Waals surface area contributed by atoms with E-state index in [2.05, 4.69) is 4.99 Å². The van der Waals surface area contributed by atoms with Gasteiger partial charge in [-0.05, 0) is 12.8 Å². The van der Waals surface area contributed by atoms with Crippen molar-refractivity contribution in [2.75, 3.05) is 0 Å². The fourth-order valence-electron chi connectivity index (χ4n) is 1.11. The van der Waals surface area contributed by atoms with Crippen LogP contribution in [0, 0.1) is 5.92 Å². The molecule has 1 fully saturated rings. The maximum atomic E-state index is 10.3. The Balaban J connectivity index is 2.30. The van der Waals surface area contributed by atoms with E-state index in [0.717, 1.165) is 0 Å². The molecule has 0 saturated heterocycles. The fourth-order valence-corrected chi connectivity index (χ4v) is 1.11. The summed E-state index contributed by atoms with van der Waals surface area (Å²) in [7, 11) is 0. The minimum absolute atomic E-state index is 0.0288. The Hall–Kier alpha value is -1.26. The number of carboxylic acid groups (broad SMARTS) is 1. The van der Waals surface area contributed by atoms with Crippen LogP contribution in [0.15, 0.2) is 4.99 Å². The summed E-state index contributed by atoms with van der Waals surface area (Å²) in [6.45, 7) is 0. The second-order valence-electron chi connectivity index (χ2n) is 2.71. The standard InChI is InChI=1S/C6H11N3O2/c7-6(8)9-4-1-3(2-4)5(10)11/h3-4H,1-2H2,(H,10,11)(H4,7,8,9). The third-order valence-corrected chi connectivity index (χ3v) is 1.79. The molecule has 0 bridgehead atoms. The minimum atomic E-state index is -0.757. The Morgan fingerprint density at radius 1 is 1.45 bits per heavy atom. The van der Waals surface area contributed by atoms with Crippen LogP contribution in [0.2, 0.25) is 0 Å². The number of rotatable bonds is 2. The van der Waals surface area contributed by atoms with Gasteiger partial charge in [-0.1, -0.05) is 0 Å². The van der Waals surface area contributed by atoms with Gasteiger partial charge in [0.2, 0.25) is 0 Å². The number of nitrogens with zero attached hydrogens (tertiary/aromatic N) is 1. The molecule has 1 saturated carbocycles. The first-order valence-electron chi connectivity index (χ1n) is 3.41. The highest BCUT2D eigenvalue weighted by Gasteiger charge is 2.34. The Kier molecular flexibility index (Phi) is 1.98. The summed E-state index contributed by atoms with van der Waals surface area (Å²) in [6, 6.07) is 0.0288. The van der Waals surface area contributed by atoms with Gasteiger partial charge < -0.3 is 16.6 Å². The lowest BCUT2D eigenvalue weighted by molar-refractivity contribution is -0.144. The van der Waals surface area contributed by atoms with E-state index in [4.69, 9.17) is 16.6 Å². The lowest BCUT2D eigenvalue weighted by atomic mass is 9.81. The maximum Gasteiger partial charge on any atom is 0.306 e. The quantitative estimate of drug-likeness (QED) is 0.358. The molecule has 1 rings (SSSR count). The molecule has 0 aromatic carbocycles. The van der Waals surface area contributed by atoms with Crippen LogP contribution in [0.4, 0.5) is 0 Å². The third kappa shape index (κ3) is 1.83. The van der Waals surface area contributed by atoms with Crippen LogP contribution in [0.5, 0.6) is 0 Å². The molecular weight excluding hydrogens is 146 g/mol. The highest BCUT2D eigenvalue weighted by Crippen LogP contribution is 2.29. The molecule has 0 aromatic heterocycles. The molecule has 0 spiro atoms. The van der Waals surface area contributed by atoms with Crippen molar-refractivity contribution in [2.24, 2.45) is 22.4 Å². The van der Waals surface area contributed by atoms with Crippen molar-refractivity contribution in [3.8, 4) is 0 Å².